The molecular weight excluding hydrogens is 454 g/mol. The number of para-hydroxylation sites is 1. The van der Waals surface area contributed by atoms with Gasteiger partial charge in [-0.3, -0.25) is 14.5 Å². The van der Waals surface area contributed by atoms with Gasteiger partial charge in [0.25, 0.3) is 11.8 Å². The van der Waals surface area contributed by atoms with Gasteiger partial charge in [-0.1, -0.05) is 30.3 Å². The number of nitrogens with zero attached hydrogens (tertiary/aromatic N) is 1. The molecule has 2 amide bonds. The Morgan fingerprint density at radius 3 is 1.37 bits per heavy atom. The minimum atomic E-state index is -0.271. The highest BCUT2D eigenvalue weighted by Gasteiger charge is 2.34. The van der Waals surface area contributed by atoms with Gasteiger partial charge in [0.15, 0.2) is 0 Å². The van der Waals surface area contributed by atoms with E-state index < -0.39 is 0 Å². The van der Waals surface area contributed by atoms with Crippen LogP contribution in [0.3, 0.4) is 0 Å². The number of carbonyl (C=O) groups is 2. The third-order valence-electron chi connectivity index (χ3n) is 5.07. The Labute approximate surface area is 205 Å². The van der Waals surface area contributed by atoms with Gasteiger partial charge in [0.1, 0.15) is 12.4 Å². The molecule has 0 N–H and O–H groups in total. The maximum atomic E-state index is 12.2. The molecule has 0 fully saturated rings. The van der Waals surface area contributed by atoms with E-state index in [0.29, 0.717) is 77.2 Å². The van der Waals surface area contributed by atoms with Crippen LogP contribution in [-0.4, -0.2) is 95.9 Å². The molecule has 1 heterocycles. The third kappa shape index (κ3) is 9.39. The predicted molar refractivity (Wildman–Crippen MR) is 128 cm³/mol. The average Bonchev–Trinajstić information content (AvgIpc) is 3.13. The summed E-state index contributed by atoms with van der Waals surface area (Å²) in [6.45, 7) is 5.20. The molecule has 0 unspecified atom stereocenters. The normalized spacial score (nSPS) is 12.9. The van der Waals surface area contributed by atoms with Crippen molar-refractivity contribution in [3.05, 3.63) is 65.7 Å². The topological polar surface area (TPSA) is 92.8 Å². The molecule has 1 aliphatic rings. The number of benzene rings is 2. The molecule has 0 bridgehead atoms. The molecule has 190 valence electrons. The van der Waals surface area contributed by atoms with Crippen molar-refractivity contribution in [3.8, 4) is 5.75 Å². The molecule has 0 aromatic heterocycles. The standard InChI is InChI=1S/C26H33NO8/c28-25-23-8-4-5-9-24(23)26(29)27(25)10-11-30-12-13-31-14-15-32-16-17-33-18-19-34-20-21-35-22-6-2-1-3-7-22/h1-9H,10-21H2. The smallest absolute Gasteiger partial charge is 0.261 e. The molecule has 0 atom stereocenters. The first-order chi connectivity index (χ1) is 17.3. The zero-order valence-electron chi connectivity index (χ0n) is 19.9. The van der Waals surface area contributed by atoms with Crippen LogP contribution >= 0.6 is 0 Å². The van der Waals surface area contributed by atoms with Crippen molar-refractivity contribution < 1.29 is 38.0 Å². The fourth-order valence-corrected chi connectivity index (χ4v) is 3.31. The van der Waals surface area contributed by atoms with Gasteiger partial charge in [-0.15, -0.1) is 0 Å². The largest absolute Gasteiger partial charge is 0.491 e. The van der Waals surface area contributed by atoms with E-state index in [1.165, 1.54) is 4.90 Å². The van der Waals surface area contributed by atoms with Gasteiger partial charge in [-0.2, -0.15) is 0 Å². The maximum Gasteiger partial charge on any atom is 0.261 e. The summed E-state index contributed by atoms with van der Waals surface area (Å²) in [7, 11) is 0. The fourth-order valence-electron chi connectivity index (χ4n) is 3.31. The van der Waals surface area contributed by atoms with E-state index in [4.69, 9.17) is 28.4 Å². The van der Waals surface area contributed by atoms with Gasteiger partial charge in [0.2, 0.25) is 0 Å². The van der Waals surface area contributed by atoms with E-state index in [2.05, 4.69) is 0 Å². The zero-order chi connectivity index (χ0) is 24.6. The summed E-state index contributed by atoms with van der Waals surface area (Å²) in [5.74, 6) is 0.292. The molecule has 2 aromatic rings. The Morgan fingerprint density at radius 1 is 0.486 bits per heavy atom. The summed E-state index contributed by atoms with van der Waals surface area (Å²) in [5.41, 5.74) is 0.897. The van der Waals surface area contributed by atoms with Gasteiger partial charge in [-0.25, -0.2) is 0 Å². The summed E-state index contributed by atoms with van der Waals surface area (Å²) in [4.78, 5) is 25.7. The van der Waals surface area contributed by atoms with E-state index in [9.17, 15) is 9.59 Å². The third-order valence-corrected chi connectivity index (χ3v) is 5.07. The summed E-state index contributed by atoms with van der Waals surface area (Å²) < 4.78 is 32.8. The number of rotatable bonds is 19. The average molecular weight is 488 g/mol. The van der Waals surface area contributed by atoms with Crippen molar-refractivity contribution in [3.63, 3.8) is 0 Å². The Kier molecular flexibility index (Phi) is 12.2. The van der Waals surface area contributed by atoms with Crippen LogP contribution in [0, 0.1) is 0 Å². The minimum absolute atomic E-state index is 0.224. The van der Waals surface area contributed by atoms with Crippen molar-refractivity contribution in [1.29, 1.82) is 0 Å². The quantitative estimate of drug-likeness (QED) is 0.220. The summed E-state index contributed by atoms with van der Waals surface area (Å²) >= 11 is 0. The van der Waals surface area contributed by atoms with Crippen LogP contribution in [0.2, 0.25) is 0 Å². The lowest BCUT2D eigenvalue weighted by atomic mass is 10.1. The van der Waals surface area contributed by atoms with Crippen LogP contribution in [0.25, 0.3) is 0 Å². The number of ether oxygens (including phenoxy) is 6. The van der Waals surface area contributed by atoms with Gasteiger partial charge in [0.05, 0.1) is 83.7 Å². The van der Waals surface area contributed by atoms with Crippen LogP contribution in [0.1, 0.15) is 20.7 Å². The molecule has 9 heteroatoms. The molecule has 0 spiro atoms. The van der Waals surface area contributed by atoms with Crippen molar-refractivity contribution in [2.45, 2.75) is 0 Å². The first kappa shape index (κ1) is 26.8. The van der Waals surface area contributed by atoms with Crippen LogP contribution in [0.15, 0.2) is 54.6 Å². The van der Waals surface area contributed by atoms with Crippen molar-refractivity contribution in [2.24, 2.45) is 0 Å². The molecule has 0 saturated carbocycles. The number of imide groups is 1. The number of hydrogen-bond acceptors (Lipinski definition) is 8. The van der Waals surface area contributed by atoms with Crippen LogP contribution in [0.4, 0.5) is 0 Å². The van der Waals surface area contributed by atoms with Crippen LogP contribution < -0.4 is 4.74 Å². The summed E-state index contributed by atoms with van der Waals surface area (Å²) in [5, 5.41) is 0. The lowest BCUT2D eigenvalue weighted by molar-refractivity contribution is -0.0133. The number of amides is 2. The Bertz CT molecular complexity index is 857. The SMILES string of the molecule is O=C1c2ccccc2C(=O)N1CCOCCOCCOCCOCCOCCOc1ccccc1. The van der Waals surface area contributed by atoms with E-state index in [0.717, 1.165) is 5.75 Å². The number of fused-ring (bicyclic) bond motifs is 1. The second-order valence-corrected chi connectivity index (χ2v) is 7.53. The van der Waals surface area contributed by atoms with Crippen molar-refractivity contribution in [2.75, 3.05) is 79.2 Å². The fraction of sp³-hybridized carbons (Fsp3) is 0.462. The summed E-state index contributed by atoms with van der Waals surface area (Å²) in [6, 6.07) is 16.5. The van der Waals surface area contributed by atoms with Gasteiger partial charge in [-0.05, 0) is 24.3 Å². The van der Waals surface area contributed by atoms with Crippen LogP contribution in [0.5, 0.6) is 5.75 Å². The van der Waals surface area contributed by atoms with Gasteiger partial charge < -0.3 is 28.4 Å². The van der Waals surface area contributed by atoms with Gasteiger partial charge >= 0.3 is 0 Å². The predicted octanol–water partition coefficient (Wildman–Crippen LogP) is 2.44. The summed E-state index contributed by atoms with van der Waals surface area (Å²) in [6.07, 6.45) is 0. The monoisotopic (exact) mass is 487 g/mol. The maximum absolute atomic E-state index is 12.2. The number of carbonyl (C=O) groups excluding carboxylic acids is 2. The number of hydrogen-bond donors (Lipinski definition) is 0. The van der Waals surface area contributed by atoms with Crippen molar-refractivity contribution in [1.82, 2.24) is 4.90 Å². The molecule has 1 aliphatic heterocycles. The van der Waals surface area contributed by atoms with E-state index in [1.54, 1.807) is 24.3 Å². The lowest BCUT2D eigenvalue weighted by Crippen LogP contribution is -2.33. The highest BCUT2D eigenvalue weighted by molar-refractivity contribution is 6.21. The molecular formula is C26H33NO8. The molecule has 3 rings (SSSR count). The second kappa shape index (κ2) is 16.0. The van der Waals surface area contributed by atoms with E-state index >= 15 is 0 Å². The molecule has 0 radical (unpaired) electrons. The lowest BCUT2D eigenvalue weighted by Gasteiger charge is -2.13. The molecule has 0 aliphatic carbocycles. The van der Waals surface area contributed by atoms with Crippen LogP contribution in [-0.2, 0) is 23.7 Å². The molecule has 2 aromatic carbocycles. The minimum Gasteiger partial charge on any atom is -0.491 e. The van der Waals surface area contributed by atoms with Gasteiger partial charge in [0, 0.05) is 0 Å². The van der Waals surface area contributed by atoms with E-state index in [1.807, 2.05) is 30.3 Å². The molecule has 35 heavy (non-hydrogen) atoms. The molecule has 0 saturated heterocycles. The first-order valence-electron chi connectivity index (χ1n) is 11.8. The van der Waals surface area contributed by atoms with Crippen molar-refractivity contribution >= 4 is 11.8 Å². The highest BCUT2D eigenvalue weighted by Crippen LogP contribution is 2.21. The Balaban J connectivity index is 1.04. The zero-order valence-corrected chi connectivity index (χ0v) is 19.9. The molecule has 9 nitrogen and oxygen atoms in total. The highest BCUT2D eigenvalue weighted by atomic mass is 16.6. The first-order valence-corrected chi connectivity index (χ1v) is 11.8. The Hall–Kier alpha value is -2.82. The Morgan fingerprint density at radius 2 is 0.886 bits per heavy atom. The second-order valence-electron chi connectivity index (χ2n) is 7.53. The van der Waals surface area contributed by atoms with E-state index in [-0.39, 0.29) is 25.0 Å².